The van der Waals surface area contributed by atoms with Crippen LogP contribution in [0.15, 0.2) is 4.99 Å². The Hall–Kier alpha value is -0.180. The fourth-order valence-corrected chi connectivity index (χ4v) is 2.50. The predicted octanol–water partition coefficient (Wildman–Crippen LogP) is 2.04. The standard InChI is InChI=1S/C9H18N2S/c1-2-9(10)11-7-8-5-3-4-6-12-8/h8H,2-7H2,1H3,(H2,10,11). The van der Waals surface area contributed by atoms with E-state index in [0.717, 1.165) is 24.1 Å². The van der Waals surface area contributed by atoms with Gasteiger partial charge in [0.05, 0.1) is 12.4 Å². The number of nitrogens with zero attached hydrogens (tertiary/aromatic N) is 1. The lowest BCUT2D eigenvalue weighted by molar-refractivity contribution is 0.668. The lowest BCUT2D eigenvalue weighted by atomic mass is 10.2. The molecule has 3 heteroatoms. The summed E-state index contributed by atoms with van der Waals surface area (Å²) in [5, 5.41) is 0.740. The molecule has 0 aromatic heterocycles. The van der Waals surface area contributed by atoms with Gasteiger partial charge in [-0.15, -0.1) is 0 Å². The fraction of sp³-hybridized carbons (Fsp3) is 0.889. The van der Waals surface area contributed by atoms with Gasteiger partial charge in [0, 0.05) is 11.7 Å². The van der Waals surface area contributed by atoms with Crippen molar-refractivity contribution in [3.63, 3.8) is 0 Å². The topological polar surface area (TPSA) is 38.4 Å². The van der Waals surface area contributed by atoms with E-state index in [-0.39, 0.29) is 0 Å². The van der Waals surface area contributed by atoms with Gasteiger partial charge in [0.2, 0.25) is 0 Å². The molecule has 0 saturated carbocycles. The van der Waals surface area contributed by atoms with E-state index in [9.17, 15) is 0 Å². The minimum Gasteiger partial charge on any atom is -0.387 e. The summed E-state index contributed by atoms with van der Waals surface area (Å²) in [6.45, 7) is 2.98. The van der Waals surface area contributed by atoms with Crippen LogP contribution in [0.4, 0.5) is 0 Å². The van der Waals surface area contributed by atoms with Crippen LogP contribution in [0.25, 0.3) is 0 Å². The van der Waals surface area contributed by atoms with Gasteiger partial charge in [0.25, 0.3) is 0 Å². The lowest BCUT2D eigenvalue weighted by Gasteiger charge is -2.19. The summed E-state index contributed by atoms with van der Waals surface area (Å²) < 4.78 is 0. The fourth-order valence-electron chi connectivity index (χ4n) is 1.28. The second kappa shape index (κ2) is 5.46. The van der Waals surface area contributed by atoms with Crippen molar-refractivity contribution in [2.75, 3.05) is 12.3 Å². The van der Waals surface area contributed by atoms with E-state index in [2.05, 4.69) is 16.8 Å². The molecule has 70 valence electrons. The van der Waals surface area contributed by atoms with Gasteiger partial charge in [-0.1, -0.05) is 13.3 Å². The second-order valence-electron chi connectivity index (χ2n) is 3.17. The highest BCUT2D eigenvalue weighted by Gasteiger charge is 2.12. The van der Waals surface area contributed by atoms with Crippen LogP contribution in [0.1, 0.15) is 32.6 Å². The van der Waals surface area contributed by atoms with E-state index in [1.165, 1.54) is 25.0 Å². The highest BCUT2D eigenvalue weighted by molar-refractivity contribution is 7.99. The zero-order valence-electron chi connectivity index (χ0n) is 7.75. The number of hydrogen-bond donors (Lipinski definition) is 1. The van der Waals surface area contributed by atoms with Gasteiger partial charge in [-0.3, -0.25) is 4.99 Å². The molecule has 1 heterocycles. The Morgan fingerprint density at radius 3 is 3.00 bits per heavy atom. The minimum absolute atomic E-state index is 0.740. The quantitative estimate of drug-likeness (QED) is 0.541. The molecule has 0 aromatic carbocycles. The maximum atomic E-state index is 5.63. The molecule has 1 rings (SSSR count). The van der Waals surface area contributed by atoms with Gasteiger partial charge < -0.3 is 5.73 Å². The molecule has 0 radical (unpaired) electrons. The average molecular weight is 186 g/mol. The Balaban J connectivity index is 2.21. The molecule has 0 aliphatic carbocycles. The third-order valence-corrected chi connectivity index (χ3v) is 3.51. The van der Waals surface area contributed by atoms with Crippen LogP contribution in [0.2, 0.25) is 0 Å². The van der Waals surface area contributed by atoms with Crippen LogP contribution in [0.3, 0.4) is 0 Å². The van der Waals surface area contributed by atoms with Crippen LogP contribution >= 0.6 is 11.8 Å². The number of rotatable bonds is 3. The Morgan fingerprint density at radius 2 is 2.42 bits per heavy atom. The summed E-state index contributed by atoms with van der Waals surface area (Å²) in [5.41, 5.74) is 5.63. The van der Waals surface area contributed by atoms with Gasteiger partial charge in [0.15, 0.2) is 0 Å². The highest BCUT2D eigenvalue weighted by Crippen LogP contribution is 2.24. The van der Waals surface area contributed by atoms with Crippen molar-refractivity contribution in [1.82, 2.24) is 0 Å². The molecule has 12 heavy (non-hydrogen) atoms. The van der Waals surface area contributed by atoms with Crippen LogP contribution in [0, 0.1) is 0 Å². The van der Waals surface area contributed by atoms with Gasteiger partial charge in [0.1, 0.15) is 0 Å². The molecule has 0 aromatic rings. The van der Waals surface area contributed by atoms with Crippen molar-refractivity contribution in [2.45, 2.75) is 37.9 Å². The Kier molecular flexibility index (Phi) is 4.51. The second-order valence-corrected chi connectivity index (χ2v) is 4.58. The van der Waals surface area contributed by atoms with E-state index in [4.69, 9.17) is 5.73 Å². The van der Waals surface area contributed by atoms with Crippen molar-refractivity contribution in [3.8, 4) is 0 Å². The Labute approximate surface area is 79.0 Å². The molecule has 1 atom stereocenters. The summed E-state index contributed by atoms with van der Waals surface area (Å²) >= 11 is 2.05. The monoisotopic (exact) mass is 186 g/mol. The molecule has 1 aliphatic heterocycles. The SMILES string of the molecule is CCC(N)=NCC1CCCCS1. The van der Waals surface area contributed by atoms with E-state index in [0.29, 0.717) is 0 Å². The Bertz CT molecular complexity index is 151. The van der Waals surface area contributed by atoms with Crippen molar-refractivity contribution in [2.24, 2.45) is 10.7 Å². The van der Waals surface area contributed by atoms with Crippen molar-refractivity contribution < 1.29 is 0 Å². The summed E-state index contributed by atoms with van der Waals surface area (Å²) in [7, 11) is 0. The van der Waals surface area contributed by atoms with E-state index >= 15 is 0 Å². The summed E-state index contributed by atoms with van der Waals surface area (Å²) in [4.78, 5) is 4.34. The highest BCUT2D eigenvalue weighted by atomic mass is 32.2. The molecule has 0 spiro atoms. The largest absolute Gasteiger partial charge is 0.387 e. The summed E-state index contributed by atoms with van der Waals surface area (Å²) in [6.07, 6.45) is 4.97. The number of thioether (sulfide) groups is 1. The summed E-state index contributed by atoms with van der Waals surface area (Å²) in [5.74, 6) is 2.12. The number of aliphatic imine (C=N–C) groups is 1. The molecule has 2 N–H and O–H groups in total. The van der Waals surface area contributed by atoms with Gasteiger partial charge in [-0.25, -0.2) is 0 Å². The molecule has 1 saturated heterocycles. The van der Waals surface area contributed by atoms with Crippen molar-refractivity contribution in [1.29, 1.82) is 0 Å². The van der Waals surface area contributed by atoms with Crippen LogP contribution in [-0.2, 0) is 0 Å². The number of amidine groups is 1. The van der Waals surface area contributed by atoms with E-state index < -0.39 is 0 Å². The number of nitrogens with two attached hydrogens (primary N) is 1. The minimum atomic E-state index is 0.740. The van der Waals surface area contributed by atoms with Crippen LogP contribution < -0.4 is 5.73 Å². The molecular weight excluding hydrogens is 168 g/mol. The first kappa shape index (κ1) is 9.90. The zero-order valence-corrected chi connectivity index (χ0v) is 8.57. The summed E-state index contributed by atoms with van der Waals surface area (Å²) in [6, 6.07) is 0. The molecule has 1 fully saturated rings. The van der Waals surface area contributed by atoms with Crippen molar-refractivity contribution >= 4 is 17.6 Å². The van der Waals surface area contributed by atoms with Gasteiger partial charge in [-0.05, 0) is 18.6 Å². The lowest BCUT2D eigenvalue weighted by Crippen LogP contribution is -2.17. The number of hydrogen-bond acceptors (Lipinski definition) is 2. The van der Waals surface area contributed by atoms with Gasteiger partial charge in [-0.2, -0.15) is 11.8 Å². The van der Waals surface area contributed by atoms with Crippen LogP contribution in [-0.4, -0.2) is 23.4 Å². The zero-order chi connectivity index (χ0) is 8.81. The molecule has 0 amide bonds. The molecular formula is C9H18N2S. The van der Waals surface area contributed by atoms with Gasteiger partial charge >= 0.3 is 0 Å². The normalized spacial score (nSPS) is 25.8. The first-order chi connectivity index (χ1) is 5.83. The van der Waals surface area contributed by atoms with Crippen LogP contribution in [0.5, 0.6) is 0 Å². The van der Waals surface area contributed by atoms with Crippen molar-refractivity contribution in [3.05, 3.63) is 0 Å². The molecule has 1 unspecified atom stereocenters. The molecule has 0 bridgehead atoms. The third-order valence-electron chi connectivity index (χ3n) is 2.13. The average Bonchev–Trinajstić information content (AvgIpc) is 2.16. The van der Waals surface area contributed by atoms with E-state index in [1.807, 2.05) is 6.92 Å². The predicted molar refractivity (Wildman–Crippen MR) is 56.9 cm³/mol. The van der Waals surface area contributed by atoms with E-state index in [1.54, 1.807) is 0 Å². The first-order valence-electron chi connectivity index (χ1n) is 4.73. The molecule has 1 aliphatic rings. The Morgan fingerprint density at radius 1 is 1.58 bits per heavy atom. The molecule has 2 nitrogen and oxygen atoms in total. The smallest absolute Gasteiger partial charge is 0.0934 e. The maximum absolute atomic E-state index is 5.63. The maximum Gasteiger partial charge on any atom is 0.0934 e. The first-order valence-corrected chi connectivity index (χ1v) is 5.78. The third kappa shape index (κ3) is 3.48.